The van der Waals surface area contributed by atoms with Crippen LogP contribution in [-0.4, -0.2) is 23.3 Å². The Morgan fingerprint density at radius 2 is 1.69 bits per heavy atom. The van der Waals surface area contributed by atoms with E-state index in [4.69, 9.17) is 10.0 Å². The quantitative estimate of drug-likeness (QED) is 0.775. The summed E-state index contributed by atoms with van der Waals surface area (Å²) in [6.45, 7) is 3.71. The van der Waals surface area contributed by atoms with Crippen molar-refractivity contribution >= 4 is 12.6 Å². The van der Waals surface area contributed by atoms with Crippen molar-refractivity contribution in [2.45, 2.75) is 32.9 Å². The van der Waals surface area contributed by atoms with Gasteiger partial charge in [-0.05, 0) is 18.9 Å². The summed E-state index contributed by atoms with van der Waals surface area (Å²) in [5.74, 6) is -0.600. The van der Waals surface area contributed by atoms with Crippen LogP contribution in [0.5, 0.6) is 0 Å². The zero-order valence-electron chi connectivity index (χ0n) is 9.53. The van der Waals surface area contributed by atoms with Gasteiger partial charge in [0.1, 0.15) is 5.82 Å². The molecule has 5 heteroatoms. The standard InChI is InChI=1S/C6H6BFO2.C5H11F/c8-6-4-2-1-3-5(6)7(9)10;1-3-5(6)4-2/h1-4,9-10H;5H,3-4H2,1-2H3. The van der Waals surface area contributed by atoms with E-state index >= 15 is 0 Å². The van der Waals surface area contributed by atoms with Gasteiger partial charge in [0.05, 0.1) is 6.17 Å². The van der Waals surface area contributed by atoms with Crippen LogP contribution in [0.25, 0.3) is 0 Å². The third-order valence-corrected chi connectivity index (χ3v) is 2.07. The summed E-state index contributed by atoms with van der Waals surface area (Å²) in [5, 5.41) is 17.0. The SMILES string of the molecule is CCC(F)CC.OB(O)c1ccccc1F. The molecule has 0 aliphatic rings. The minimum atomic E-state index is -1.72. The van der Waals surface area contributed by atoms with Gasteiger partial charge in [0.25, 0.3) is 0 Å². The number of alkyl halides is 1. The second-order valence-electron chi connectivity index (χ2n) is 3.31. The number of hydrogen-bond acceptors (Lipinski definition) is 2. The first-order valence-corrected chi connectivity index (χ1v) is 5.27. The molecule has 90 valence electrons. The van der Waals surface area contributed by atoms with Gasteiger partial charge < -0.3 is 10.0 Å². The molecule has 0 aromatic heterocycles. The van der Waals surface area contributed by atoms with Crippen LogP contribution in [-0.2, 0) is 0 Å². The second kappa shape index (κ2) is 8.24. The van der Waals surface area contributed by atoms with Crippen LogP contribution in [0.15, 0.2) is 24.3 Å². The van der Waals surface area contributed by atoms with Gasteiger partial charge in [0.2, 0.25) is 0 Å². The molecule has 1 rings (SSSR count). The normalized spacial score (nSPS) is 9.69. The summed E-state index contributed by atoms with van der Waals surface area (Å²) in [5.41, 5.74) is -0.0949. The molecule has 0 unspecified atom stereocenters. The molecule has 0 spiro atoms. The van der Waals surface area contributed by atoms with Gasteiger partial charge in [-0.15, -0.1) is 0 Å². The Morgan fingerprint density at radius 1 is 1.19 bits per heavy atom. The second-order valence-corrected chi connectivity index (χ2v) is 3.31. The van der Waals surface area contributed by atoms with E-state index in [9.17, 15) is 8.78 Å². The van der Waals surface area contributed by atoms with E-state index < -0.39 is 19.1 Å². The van der Waals surface area contributed by atoms with Crippen LogP contribution in [0, 0.1) is 5.82 Å². The van der Waals surface area contributed by atoms with Crippen LogP contribution in [0.3, 0.4) is 0 Å². The van der Waals surface area contributed by atoms with Gasteiger partial charge in [-0.2, -0.15) is 0 Å². The molecule has 0 fully saturated rings. The Morgan fingerprint density at radius 3 is 1.94 bits per heavy atom. The molecular formula is C11H17BF2O2. The van der Waals surface area contributed by atoms with Gasteiger partial charge >= 0.3 is 7.12 Å². The molecule has 0 aliphatic carbocycles. The predicted octanol–water partition coefficient (Wildman–Crippen LogP) is 1.65. The molecule has 1 aromatic rings. The van der Waals surface area contributed by atoms with Crippen molar-refractivity contribution in [1.29, 1.82) is 0 Å². The highest BCUT2D eigenvalue weighted by molar-refractivity contribution is 6.58. The van der Waals surface area contributed by atoms with E-state index in [1.165, 1.54) is 24.3 Å². The molecule has 16 heavy (non-hydrogen) atoms. The minimum absolute atomic E-state index is 0.0949. The molecule has 0 saturated carbocycles. The van der Waals surface area contributed by atoms with Crippen molar-refractivity contribution in [1.82, 2.24) is 0 Å². The van der Waals surface area contributed by atoms with Crippen molar-refractivity contribution in [3.8, 4) is 0 Å². The lowest BCUT2D eigenvalue weighted by atomic mass is 9.80. The Hall–Kier alpha value is -0.935. The fourth-order valence-electron chi connectivity index (χ4n) is 0.973. The average molecular weight is 230 g/mol. The van der Waals surface area contributed by atoms with Gasteiger partial charge in [0.15, 0.2) is 0 Å². The lowest BCUT2D eigenvalue weighted by Crippen LogP contribution is -2.32. The smallest absolute Gasteiger partial charge is 0.423 e. The maximum absolute atomic E-state index is 12.5. The highest BCUT2D eigenvalue weighted by Gasteiger charge is 2.14. The topological polar surface area (TPSA) is 40.5 Å². The number of rotatable bonds is 3. The highest BCUT2D eigenvalue weighted by atomic mass is 19.1. The average Bonchev–Trinajstić information content (AvgIpc) is 2.29. The molecule has 0 aliphatic heterocycles. The van der Waals surface area contributed by atoms with E-state index in [-0.39, 0.29) is 5.46 Å². The van der Waals surface area contributed by atoms with E-state index in [0.717, 1.165) is 0 Å². The van der Waals surface area contributed by atoms with Crippen LogP contribution in [0.2, 0.25) is 0 Å². The summed E-state index contributed by atoms with van der Waals surface area (Å²) in [7, 11) is -1.72. The summed E-state index contributed by atoms with van der Waals surface area (Å²) >= 11 is 0. The summed E-state index contributed by atoms with van der Waals surface area (Å²) in [6.07, 6.45) is 0.762. The first-order chi connectivity index (χ1) is 7.52. The van der Waals surface area contributed by atoms with Crippen molar-refractivity contribution < 1.29 is 18.8 Å². The number of hydrogen-bond donors (Lipinski definition) is 2. The lowest BCUT2D eigenvalue weighted by Gasteiger charge is -1.98. The Labute approximate surface area is 95.1 Å². The zero-order valence-corrected chi connectivity index (χ0v) is 9.53. The van der Waals surface area contributed by atoms with Crippen molar-refractivity contribution in [2.24, 2.45) is 0 Å². The fourth-order valence-corrected chi connectivity index (χ4v) is 0.973. The highest BCUT2D eigenvalue weighted by Crippen LogP contribution is 1.98. The summed E-state index contributed by atoms with van der Waals surface area (Å²) in [6, 6.07) is 5.52. The van der Waals surface area contributed by atoms with Crippen molar-refractivity contribution in [3.05, 3.63) is 30.1 Å². The monoisotopic (exact) mass is 230 g/mol. The minimum Gasteiger partial charge on any atom is -0.423 e. The van der Waals surface area contributed by atoms with E-state index in [0.29, 0.717) is 12.8 Å². The first kappa shape index (κ1) is 15.1. The van der Waals surface area contributed by atoms with Gasteiger partial charge in [0, 0.05) is 5.46 Å². The van der Waals surface area contributed by atoms with E-state index in [2.05, 4.69) is 0 Å². The molecule has 2 N–H and O–H groups in total. The molecule has 0 saturated heterocycles. The molecule has 0 amide bonds. The number of benzene rings is 1. The molecule has 0 heterocycles. The Balaban J connectivity index is 0.000000325. The maximum Gasteiger partial charge on any atom is 0.491 e. The zero-order chi connectivity index (χ0) is 12.6. The predicted molar refractivity (Wildman–Crippen MR) is 61.7 cm³/mol. The molecule has 0 bridgehead atoms. The van der Waals surface area contributed by atoms with Gasteiger partial charge in [-0.1, -0.05) is 32.0 Å². The number of halogens is 2. The van der Waals surface area contributed by atoms with Crippen LogP contribution >= 0.6 is 0 Å². The summed E-state index contributed by atoms with van der Waals surface area (Å²) in [4.78, 5) is 0. The third-order valence-electron chi connectivity index (χ3n) is 2.07. The lowest BCUT2D eigenvalue weighted by molar-refractivity contribution is 0.316. The molecule has 0 atom stereocenters. The maximum atomic E-state index is 12.5. The Kier molecular flexibility index (Phi) is 7.76. The first-order valence-electron chi connectivity index (χ1n) is 5.27. The van der Waals surface area contributed by atoms with E-state index in [1.807, 2.05) is 13.8 Å². The Bertz CT molecular complexity index is 291. The third kappa shape index (κ3) is 5.83. The van der Waals surface area contributed by atoms with Gasteiger partial charge in [-0.25, -0.2) is 8.78 Å². The van der Waals surface area contributed by atoms with Crippen molar-refractivity contribution in [2.75, 3.05) is 0 Å². The van der Waals surface area contributed by atoms with Crippen LogP contribution in [0.1, 0.15) is 26.7 Å². The van der Waals surface area contributed by atoms with Crippen LogP contribution in [0.4, 0.5) is 8.78 Å². The van der Waals surface area contributed by atoms with Gasteiger partial charge in [-0.3, -0.25) is 0 Å². The largest absolute Gasteiger partial charge is 0.491 e. The molecule has 1 aromatic carbocycles. The summed E-state index contributed by atoms with van der Waals surface area (Å²) < 4.78 is 24.4. The molecular weight excluding hydrogens is 213 g/mol. The molecule has 0 radical (unpaired) electrons. The van der Waals surface area contributed by atoms with Crippen molar-refractivity contribution in [3.63, 3.8) is 0 Å². The fraction of sp³-hybridized carbons (Fsp3) is 0.455. The van der Waals surface area contributed by atoms with E-state index in [1.54, 1.807) is 0 Å². The van der Waals surface area contributed by atoms with Crippen LogP contribution < -0.4 is 5.46 Å². The molecule has 2 nitrogen and oxygen atoms in total.